The molecule has 29 heavy (non-hydrogen) atoms. The van der Waals surface area contributed by atoms with Gasteiger partial charge in [0.1, 0.15) is 5.56 Å². The van der Waals surface area contributed by atoms with Crippen LogP contribution in [0.5, 0.6) is 23.0 Å². The highest BCUT2D eigenvalue weighted by Crippen LogP contribution is 2.35. The van der Waals surface area contributed by atoms with Crippen LogP contribution < -0.4 is 18.9 Å². The molecule has 0 fully saturated rings. The highest BCUT2D eigenvalue weighted by atomic mass is 16.7. The number of hydrogen-bond acceptors (Lipinski definition) is 9. The molecule has 0 amide bonds. The summed E-state index contributed by atoms with van der Waals surface area (Å²) in [4.78, 5) is 35.3. The van der Waals surface area contributed by atoms with E-state index in [9.17, 15) is 19.7 Å². The Morgan fingerprint density at radius 2 is 1.90 bits per heavy atom. The molecule has 1 aliphatic rings. The molecule has 152 valence electrons. The fraction of sp³-hybridized carbons (Fsp3) is 0.263. The molecule has 0 bridgehead atoms. The molecule has 0 spiro atoms. The van der Waals surface area contributed by atoms with Crippen LogP contribution in [-0.4, -0.2) is 43.8 Å². The van der Waals surface area contributed by atoms with E-state index >= 15 is 0 Å². The Kier molecular flexibility index (Phi) is 5.82. The van der Waals surface area contributed by atoms with Crippen LogP contribution in [0.2, 0.25) is 0 Å². The van der Waals surface area contributed by atoms with Gasteiger partial charge in [-0.1, -0.05) is 0 Å². The molecule has 0 atom stereocenters. The van der Waals surface area contributed by atoms with Gasteiger partial charge in [-0.15, -0.1) is 0 Å². The second-order valence-corrected chi connectivity index (χ2v) is 5.78. The van der Waals surface area contributed by atoms with Gasteiger partial charge in [-0.2, -0.15) is 0 Å². The van der Waals surface area contributed by atoms with Gasteiger partial charge < -0.3 is 23.7 Å². The molecule has 1 heterocycles. The van der Waals surface area contributed by atoms with Crippen molar-refractivity contribution in [2.75, 3.05) is 27.1 Å². The number of Topliss-reactive ketones (excluding diaryl/α,β-unsaturated/α-hetero) is 1. The van der Waals surface area contributed by atoms with Crippen molar-refractivity contribution >= 4 is 17.4 Å². The van der Waals surface area contributed by atoms with Crippen molar-refractivity contribution in [3.63, 3.8) is 0 Å². The molecule has 3 rings (SSSR count). The lowest BCUT2D eigenvalue weighted by molar-refractivity contribution is -0.385. The largest absolute Gasteiger partial charge is 0.493 e. The zero-order valence-corrected chi connectivity index (χ0v) is 15.6. The number of carbonyl (C=O) groups excluding carboxylic acids is 2. The maximum absolute atomic E-state index is 12.4. The Morgan fingerprint density at radius 3 is 2.59 bits per heavy atom. The summed E-state index contributed by atoms with van der Waals surface area (Å²) in [7, 11) is 1.32. The van der Waals surface area contributed by atoms with E-state index in [0.717, 1.165) is 12.1 Å². The van der Waals surface area contributed by atoms with E-state index < -0.39 is 29.0 Å². The predicted molar refractivity (Wildman–Crippen MR) is 98.0 cm³/mol. The van der Waals surface area contributed by atoms with E-state index in [2.05, 4.69) is 0 Å². The molecule has 1 aliphatic heterocycles. The summed E-state index contributed by atoms with van der Waals surface area (Å²) in [6, 6.07) is 6.78. The first-order chi connectivity index (χ1) is 13.9. The average Bonchev–Trinajstić information content (AvgIpc) is 3.19. The molecule has 0 N–H and O–H groups in total. The summed E-state index contributed by atoms with van der Waals surface area (Å²) in [6.45, 7) is 1.42. The highest BCUT2D eigenvalue weighted by Gasteiger charge is 2.26. The Morgan fingerprint density at radius 1 is 1.14 bits per heavy atom. The number of nitro groups is 1. The molecular weight excluding hydrogens is 386 g/mol. The maximum atomic E-state index is 12.4. The van der Waals surface area contributed by atoms with E-state index in [4.69, 9.17) is 23.7 Å². The van der Waals surface area contributed by atoms with Crippen LogP contribution in [0.15, 0.2) is 30.3 Å². The van der Waals surface area contributed by atoms with Crippen LogP contribution in [0.1, 0.15) is 27.6 Å². The zero-order chi connectivity index (χ0) is 21.0. The van der Waals surface area contributed by atoms with Crippen LogP contribution in [0.3, 0.4) is 0 Å². The van der Waals surface area contributed by atoms with Gasteiger partial charge in [0.2, 0.25) is 6.79 Å². The second kappa shape index (κ2) is 8.46. The van der Waals surface area contributed by atoms with Crippen LogP contribution in [0.25, 0.3) is 0 Å². The summed E-state index contributed by atoms with van der Waals surface area (Å²) in [5.41, 5.74) is -0.621. The van der Waals surface area contributed by atoms with Crippen molar-refractivity contribution in [2.24, 2.45) is 0 Å². The third-order valence-electron chi connectivity index (χ3n) is 4.03. The standard InChI is InChI=1S/C19H17NO9/c1-3-26-18-7-12(13(20(23)24)8-16(18)25-2)19(22)27-9-14(21)11-4-5-15-17(6-11)29-10-28-15/h4-8H,3,9-10H2,1-2H3. The Bertz CT molecular complexity index is 970. The van der Waals surface area contributed by atoms with Crippen molar-refractivity contribution in [1.29, 1.82) is 0 Å². The number of nitrogens with zero attached hydrogens (tertiary/aromatic N) is 1. The number of esters is 1. The van der Waals surface area contributed by atoms with Crippen LogP contribution in [-0.2, 0) is 4.74 Å². The molecule has 0 radical (unpaired) electrons. The molecule has 2 aromatic rings. The Hall–Kier alpha value is -3.82. The minimum Gasteiger partial charge on any atom is -0.493 e. The molecule has 0 aromatic heterocycles. The van der Waals surface area contributed by atoms with E-state index in [0.29, 0.717) is 11.5 Å². The number of carbonyl (C=O) groups is 2. The number of methoxy groups -OCH3 is 1. The number of benzene rings is 2. The summed E-state index contributed by atoms with van der Waals surface area (Å²) >= 11 is 0. The SMILES string of the molecule is CCOc1cc(C(=O)OCC(=O)c2ccc3c(c2)OCO3)c([N+](=O)[O-])cc1OC. The van der Waals surface area contributed by atoms with Gasteiger partial charge in [-0.05, 0) is 25.1 Å². The molecule has 0 saturated carbocycles. The quantitative estimate of drug-likeness (QED) is 0.283. The van der Waals surface area contributed by atoms with Gasteiger partial charge in [-0.3, -0.25) is 14.9 Å². The summed E-state index contributed by atoms with van der Waals surface area (Å²) in [6.07, 6.45) is 0. The first-order valence-corrected chi connectivity index (χ1v) is 8.53. The number of fused-ring (bicyclic) bond motifs is 1. The molecule has 0 saturated heterocycles. The summed E-state index contributed by atoms with van der Waals surface area (Å²) in [5.74, 6) is -0.362. The average molecular weight is 403 g/mol. The van der Waals surface area contributed by atoms with Gasteiger partial charge in [0, 0.05) is 11.6 Å². The molecule has 10 heteroatoms. The number of ketones is 1. The lowest BCUT2D eigenvalue weighted by atomic mass is 10.1. The van der Waals surface area contributed by atoms with E-state index in [-0.39, 0.29) is 36.0 Å². The van der Waals surface area contributed by atoms with Crippen molar-refractivity contribution < 1.29 is 38.2 Å². The number of nitro benzene ring substituents is 1. The van der Waals surface area contributed by atoms with Crippen molar-refractivity contribution in [3.8, 4) is 23.0 Å². The first kappa shape index (κ1) is 19.9. The third kappa shape index (κ3) is 4.21. The van der Waals surface area contributed by atoms with Crippen molar-refractivity contribution in [3.05, 3.63) is 51.6 Å². The van der Waals surface area contributed by atoms with E-state index in [1.807, 2.05) is 0 Å². The molecule has 10 nitrogen and oxygen atoms in total. The predicted octanol–water partition coefficient (Wildman–Crippen LogP) is 2.77. The van der Waals surface area contributed by atoms with E-state index in [1.165, 1.54) is 19.2 Å². The Balaban J connectivity index is 1.78. The lowest BCUT2D eigenvalue weighted by Gasteiger charge is -2.11. The first-order valence-electron chi connectivity index (χ1n) is 8.53. The van der Waals surface area contributed by atoms with Gasteiger partial charge >= 0.3 is 5.97 Å². The fourth-order valence-electron chi connectivity index (χ4n) is 2.65. The van der Waals surface area contributed by atoms with Gasteiger partial charge in [0.25, 0.3) is 5.69 Å². The van der Waals surface area contributed by atoms with Crippen LogP contribution in [0.4, 0.5) is 5.69 Å². The smallest absolute Gasteiger partial charge is 0.345 e. The topological polar surface area (TPSA) is 123 Å². The minimum absolute atomic E-state index is 0.0608. The Labute approximate surface area is 165 Å². The fourth-order valence-corrected chi connectivity index (χ4v) is 2.65. The molecule has 2 aromatic carbocycles. The van der Waals surface area contributed by atoms with Crippen LogP contribution >= 0.6 is 0 Å². The zero-order valence-electron chi connectivity index (χ0n) is 15.6. The summed E-state index contributed by atoms with van der Waals surface area (Å²) < 4.78 is 25.8. The van der Waals surface area contributed by atoms with E-state index in [1.54, 1.807) is 13.0 Å². The van der Waals surface area contributed by atoms with Crippen molar-refractivity contribution in [1.82, 2.24) is 0 Å². The molecule has 0 unspecified atom stereocenters. The van der Waals surface area contributed by atoms with Crippen LogP contribution in [0, 0.1) is 10.1 Å². The summed E-state index contributed by atoms with van der Waals surface area (Å²) in [5, 5.41) is 11.3. The van der Waals surface area contributed by atoms with Gasteiger partial charge in [-0.25, -0.2) is 4.79 Å². The lowest BCUT2D eigenvalue weighted by Crippen LogP contribution is -2.15. The van der Waals surface area contributed by atoms with Gasteiger partial charge in [0.05, 0.1) is 24.7 Å². The third-order valence-corrected chi connectivity index (χ3v) is 4.03. The minimum atomic E-state index is -1.03. The normalized spacial score (nSPS) is 11.7. The molecular formula is C19H17NO9. The number of rotatable bonds is 8. The highest BCUT2D eigenvalue weighted by molar-refractivity contribution is 6.01. The second-order valence-electron chi connectivity index (χ2n) is 5.78. The van der Waals surface area contributed by atoms with Crippen molar-refractivity contribution in [2.45, 2.75) is 6.92 Å². The maximum Gasteiger partial charge on any atom is 0.345 e. The number of ether oxygens (including phenoxy) is 5. The monoisotopic (exact) mass is 403 g/mol. The van der Waals surface area contributed by atoms with Gasteiger partial charge in [0.15, 0.2) is 35.4 Å². The molecule has 0 aliphatic carbocycles. The number of hydrogen-bond donors (Lipinski definition) is 0.